The number of nitriles is 1. The molecule has 0 aromatic heterocycles. The Morgan fingerprint density at radius 2 is 1.73 bits per heavy atom. The number of fused-ring (bicyclic) bond motifs is 1. The topological polar surface area (TPSA) is 23.8 Å². The van der Waals surface area contributed by atoms with Crippen LogP contribution in [0.25, 0.3) is 10.8 Å². The highest BCUT2D eigenvalue weighted by molar-refractivity contribution is 6.35. The van der Waals surface area contributed by atoms with Gasteiger partial charge in [-0.2, -0.15) is 5.26 Å². The monoisotopic (exact) mass is 325 g/mol. The van der Waals surface area contributed by atoms with E-state index < -0.39 is 0 Å². The van der Waals surface area contributed by atoms with Crippen LogP contribution < -0.4 is 0 Å². The molecule has 3 heteroatoms. The van der Waals surface area contributed by atoms with Crippen LogP contribution in [0, 0.1) is 11.3 Å². The van der Waals surface area contributed by atoms with E-state index >= 15 is 0 Å². The molecule has 0 aliphatic rings. The van der Waals surface area contributed by atoms with Crippen molar-refractivity contribution in [2.24, 2.45) is 0 Å². The molecule has 0 heterocycles. The largest absolute Gasteiger partial charge is 0.198 e. The van der Waals surface area contributed by atoms with E-state index in [2.05, 4.69) is 24.3 Å². The van der Waals surface area contributed by atoms with E-state index in [0.29, 0.717) is 16.5 Å². The fraction of sp³-hybridized carbons (Fsp3) is 0.105. The summed E-state index contributed by atoms with van der Waals surface area (Å²) < 4.78 is 0. The molecule has 0 saturated heterocycles. The van der Waals surface area contributed by atoms with Crippen LogP contribution in [-0.2, 0) is 6.42 Å². The maximum Gasteiger partial charge on any atom is 0.0759 e. The summed E-state index contributed by atoms with van der Waals surface area (Å²) in [4.78, 5) is 0. The van der Waals surface area contributed by atoms with Crippen LogP contribution in [0.5, 0.6) is 0 Å². The average molecular weight is 326 g/mol. The summed E-state index contributed by atoms with van der Waals surface area (Å²) in [6, 6.07) is 22.0. The quantitative estimate of drug-likeness (QED) is 0.579. The molecule has 0 bridgehead atoms. The van der Waals surface area contributed by atoms with Gasteiger partial charge in [0.05, 0.1) is 12.0 Å². The molecule has 3 aromatic carbocycles. The molecule has 0 spiro atoms. The van der Waals surface area contributed by atoms with Crippen LogP contribution in [0.15, 0.2) is 60.7 Å². The molecule has 0 aliphatic heterocycles. The lowest BCUT2D eigenvalue weighted by atomic mass is 9.89. The normalized spacial score (nSPS) is 12.0. The molecule has 108 valence electrons. The Morgan fingerprint density at radius 3 is 2.50 bits per heavy atom. The zero-order valence-electron chi connectivity index (χ0n) is 11.8. The van der Waals surface area contributed by atoms with Crippen molar-refractivity contribution in [2.75, 3.05) is 0 Å². The van der Waals surface area contributed by atoms with E-state index in [1.807, 2.05) is 30.3 Å². The highest BCUT2D eigenvalue weighted by atomic mass is 35.5. The van der Waals surface area contributed by atoms with Gasteiger partial charge in [0.2, 0.25) is 0 Å². The lowest BCUT2D eigenvalue weighted by Crippen LogP contribution is -2.02. The van der Waals surface area contributed by atoms with E-state index in [0.717, 1.165) is 21.9 Å². The van der Waals surface area contributed by atoms with Crippen LogP contribution >= 0.6 is 23.2 Å². The minimum atomic E-state index is -0.246. The van der Waals surface area contributed by atoms with E-state index in [1.165, 1.54) is 0 Å². The summed E-state index contributed by atoms with van der Waals surface area (Å²) >= 11 is 12.2. The molecule has 0 aliphatic carbocycles. The molecule has 0 saturated carbocycles. The van der Waals surface area contributed by atoms with Crippen LogP contribution in [0.3, 0.4) is 0 Å². The van der Waals surface area contributed by atoms with Gasteiger partial charge in [0.25, 0.3) is 0 Å². The van der Waals surface area contributed by atoms with Crippen LogP contribution in [0.2, 0.25) is 10.0 Å². The summed E-state index contributed by atoms with van der Waals surface area (Å²) in [5.74, 6) is -0.246. The van der Waals surface area contributed by atoms with Crippen molar-refractivity contribution in [3.05, 3.63) is 81.8 Å². The standard InChI is InChI=1S/C19H13Cl2N/c20-16-9-8-14(19(21)11-16)10-15(12-22)18-7-3-5-13-4-1-2-6-17(13)18/h1-9,11,15H,10H2. The molecular formula is C19H13Cl2N. The van der Waals surface area contributed by atoms with E-state index in [1.54, 1.807) is 12.1 Å². The van der Waals surface area contributed by atoms with Crippen molar-refractivity contribution in [1.82, 2.24) is 0 Å². The first-order valence-corrected chi connectivity index (χ1v) is 7.76. The third-order valence-electron chi connectivity index (χ3n) is 3.79. The van der Waals surface area contributed by atoms with Crippen LogP contribution in [0.4, 0.5) is 0 Å². The van der Waals surface area contributed by atoms with E-state index in [9.17, 15) is 5.26 Å². The van der Waals surface area contributed by atoms with Gasteiger partial charge >= 0.3 is 0 Å². The molecule has 1 atom stereocenters. The molecule has 1 unspecified atom stereocenters. The lowest BCUT2D eigenvalue weighted by Gasteiger charge is -2.14. The summed E-state index contributed by atoms with van der Waals surface area (Å²) in [7, 11) is 0. The van der Waals surface area contributed by atoms with Gasteiger partial charge in [-0.3, -0.25) is 0 Å². The summed E-state index contributed by atoms with van der Waals surface area (Å²) in [5.41, 5.74) is 1.97. The van der Waals surface area contributed by atoms with Crippen molar-refractivity contribution < 1.29 is 0 Å². The third-order valence-corrected chi connectivity index (χ3v) is 4.38. The van der Waals surface area contributed by atoms with Crippen LogP contribution in [-0.4, -0.2) is 0 Å². The number of hydrogen-bond donors (Lipinski definition) is 0. The van der Waals surface area contributed by atoms with Crippen molar-refractivity contribution in [3.63, 3.8) is 0 Å². The van der Waals surface area contributed by atoms with Gasteiger partial charge < -0.3 is 0 Å². The predicted octanol–water partition coefficient (Wildman–Crippen LogP) is 6.00. The van der Waals surface area contributed by atoms with Gasteiger partial charge in [-0.1, -0.05) is 71.7 Å². The van der Waals surface area contributed by atoms with Crippen molar-refractivity contribution in [3.8, 4) is 6.07 Å². The molecular weight excluding hydrogens is 313 g/mol. The fourth-order valence-corrected chi connectivity index (χ4v) is 3.17. The highest BCUT2D eigenvalue weighted by Gasteiger charge is 2.16. The number of nitrogens with zero attached hydrogens (tertiary/aromatic N) is 1. The second kappa shape index (κ2) is 6.40. The summed E-state index contributed by atoms with van der Waals surface area (Å²) in [6.07, 6.45) is 0.570. The zero-order chi connectivity index (χ0) is 15.5. The van der Waals surface area contributed by atoms with Gasteiger partial charge in [0.15, 0.2) is 0 Å². The Hall–Kier alpha value is -2.01. The minimum absolute atomic E-state index is 0.246. The van der Waals surface area contributed by atoms with E-state index in [-0.39, 0.29) is 5.92 Å². The Balaban J connectivity index is 2.02. The first-order chi connectivity index (χ1) is 10.7. The SMILES string of the molecule is N#CC(Cc1ccc(Cl)cc1Cl)c1cccc2ccccc12. The van der Waals surface area contributed by atoms with Crippen molar-refractivity contribution >= 4 is 34.0 Å². The van der Waals surface area contributed by atoms with Crippen molar-refractivity contribution in [2.45, 2.75) is 12.3 Å². The molecule has 0 amide bonds. The third kappa shape index (κ3) is 2.95. The second-order valence-electron chi connectivity index (χ2n) is 5.19. The Kier molecular flexibility index (Phi) is 4.34. The second-order valence-corrected chi connectivity index (χ2v) is 6.03. The van der Waals surface area contributed by atoms with Crippen LogP contribution in [0.1, 0.15) is 17.0 Å². The van der Waals surface area contributed by atoms with Gasteiger partial charge in [0, 0.05) is 10.0 Å². The molecule has 0 radical (unpaired) electrons. The summed E-state index contributed by atoms with van der Waals surface area (Å²) in [6.45, 7) is 0. The minimum Gasteiger partial charge on any atom is -0.198 e. The van der Waals surface area contributed by atoms with Gasteiger partial charge in [-0.05, 0) is 40.5 Å². The number of rotatable bonds is 3. The molecule has 0 fully saturated rings. The first kappa shape index (κ1) is 14.9. The number of hydrogen-bond acceptors (Lipinski definition) is 1. The number of halogens is 2. The Bertz CT molecular complexity index is 859. The van der Waals surface area contributed by atoms with Gasteiger partial charge in [-0.25, -0.2) is 0 Å². The number of benzene rings is 3. The van der Waals surface area contributed by atoms with Crippen molar-refractivity contribution in [1.29, 1.82) is 5.26 Å². The van der Waals surface area contributed by atoms with Gasteiger partial charge in [0.1, 0.15) is 0 Å². The smallest absolute Gasteiger partial charge is 0.0759 e. The molecule has 0 N–H and O–H groups in total. The molecule has 1 nitrogen and oxygen atoms in total. The molecule has 3 aromatic rings. The van der Waals surface area contributed by atoms with E-state index in [4.69, 9.17) is 23.2 Å². The lowest BCUT2D eigenvalue weighted by molar-refractivity contribution is 0.857. The highest BCUT2D eigenvalue weighted by Crippen LogP contribution is 2.30. The Labute approximate surface area is 139 Å². The maximum absolute atomic E-state index is 9.63. The molecule has 22 heavy (non-hydrogen) atoms. The zero-order valence-corrected chi connectivity index (χ0v) is 13.3. The first-order valence-electron chi connectivity index (χ1n) is 7.00. The summed E-state index contributed by atoms with van der Waals surface area (Å²) in [5, 5.41) is 13.1. The predicted molar refractivity (Wildman–Crippen MR) is 92.5 cm³/mol. The van der Waals surface area contributed by atoms with Gasteiger partial charge in [-0.15, -0.1) is 0 Å². The fourth-order valence-electron chi connectivity index (χ4n) is 2.69. The average Bonchev–Trinajstić information content (AvgIpc) is 2.54. The Morgan fingerprint density at radius 1 is 0.955 bits per heavy atom. The molecule has 3 rings (SSSR count). The maximum atomic E-state index is 9.63.